The lowest BCUT2D eigenvalue weighted by Crippen LogP contribution is -2.12. The lowest BCUT2D eigenvalue weighted by atomic mass is 10.2. The van der Waals surface area contributed by atoms with Crippen LogP contribution < -0.4 is 5.32 Å². The van der Waals surface area contributed by atoms with Crippen molar-refractivity contribution in [3.63, 3.8) is 0 Å². The second-order valence-electron chi connectivity index (χ2n) is 5.17. The van der Waals surface area contributed by atoms with Gasteiger partial charge in [-0.2, -0.15) is 0 Å². The summed E-state index contributed by atoms with van der Waals surface area (Å²) in [5.41, 5.74) is 2.66. The molecule has 7 heteroatoms. The summed E-state index contributed by atoms with van der Waals surface area (Å²) in [6.07, 6.45) is 0. The molecule has 1 heterocycles. The number of rotatable bonds is 4. The highest BCUT2D eigenvalue weighted by molar-refractivity contribution is 7.13. The first-order valence-corrected chi connectivity index (χ1v) is 7.99. The molecule has 1 amide bonds. The van der Waals surface area contributed by atoms with Crippen LogP contribution in [0.4, 0.5) is 11.4 Å². The van der Waals surface area contributed by atoms with Crippen LogP contribution in [0.3, 0.4) is 0 Å². The van der Waals surface area contributed by atoms with Crippen molar-refractivity contribution in [1.29, 1.82) is 0 Å². The van der Waals surface area contributed by atoms with E-state index in [0.717, 1.165) is 16.1 Å². The maximum Gasteiger partial charge on any atom is 0.275 e. The molecule has 24 heavy (non-hydrogen) atoms. The minimum absolute atomic E-state index is 0.0774. The maximum atomic E-state index is 12.3. The first kappa shape index (κ1) is 15.8. The number of nitrogens with zero attached hydrogens (tertiary/aromatic N) is 2. The Morgan fingerprint density at radius 3 is 2.67 bits per heavy atom. The van der Waals surface area contributed by atoms with Crippen molar-refractivity contribution < 1.29 is 9.72 Å². The van der Waals surface area contributed by atoms with E-state index in [1.807, 2.05) is 31.2 Å². The van der Waals surface area contributed by atoms with E-state index < -0.39 is 10.8 Å². The second-order valence-corrected chi connectivity index (χ2v) is 6.02. The van der Waals surface area contributed by atoms with Crippen molar-refractivity contribution in [2.24, 2.45) is 0 Å². The number of anilines is 1. The molecule has 6 nitrogen and oxygen atoms in total. The van der Waals surface area contributed by atoms with Gasteiger partial charge in [0.05, 0.1) is 4.92 Å². The number of thiazole rings is 1. The topological polar surface area (TPSA) is 85.1 Å². The van der Waals surface area contributed by atoms with Gasteiger partial charge >= 0.3 is 0 Å². The van der Waals surface area contributed by atoms with Gasteiger partial charge in [0, 0.05) is 28.8 Å². The van der Waals surface area contributed by atoms with Crippen LogP contribution in [0.5, 0.6) is 0 Å². The normalized spacial score (nSPS) is 10.4. The number of carbonyl (C=O) groups is 1. The van der Waals surface area contributed by atoms with Crippen LogP contribution in [-0.2, 0) is 0 Å². The highest BCUT2D eigenvalue weighted by atomic mass is 32.1. The first-order chi connectivity index (χ1) is 11.5. The quantitative estimate of drug-likeness (QED) is 0.568. The molecule has 0 atom stereocenters. The van der Waals surface area contributed by atoms with Gasteiger partial charge in [-0.25, -0.2) is 4.98 Å². The highest BCUT2D eigenvalue weighted by Gasteiger charge is 2.13. The zero-order valence-electron chi connectivity index (χ0n) is 12.7. The van der Waals surface area contributed by atoms with Gasteiger partial charge < -0.3 is 5.32 Å². The summed E-state index contributed by atoms with van der Waals surface area (Å²) < 4.78 is 0. The molecule has 0 unspecified atom stereocenters. The van der Waals surface area contributed by atoms with Crippen molar-refractivity contribution in [1.82, 2.24) is 4.98 Å². The highest BCUT2D eigenvalue weighted by Crippen LogP contribution is 2.25. The molecule has 0 spiro atoms. The summed E-state index contributed by atoms with van der Waals surface area (Å²) >= 11 is 1.38. The standard InChI is InChI=1S/C17H13N3O3S/c1-11-5-7-12(8-6-11)17-19-15(10-24-17)16(21)18-13-3-2-4-14(9-13)20(22)23/h2-10H,1H3,(H,18,21). The number of aryl methyl sites for hydroxylation is 1. The van der Waals surface area contributed by atoms with Crippen LogP contribution >= 0.6 is 11.3 Å². The number of benzene rings is 2. The Kier molecular flexibility index (Phi) is 4.35. The number of nitrogens with one attached hydrogen (secondary N) is 1. The van der Waals surface area contributed by atoms with E-state index >= 15 is 0 Å². The molecule has 0 bridgehead atoms. The predicted molar refractivity (Wildman–Crippen MR) is 93.3 cm³/mol. The molecule has 1 aromatic heterocycles. The molecule has 0 aliphatic heterocycles. The minimum Gasteiger partial charge on any atom is -0.320 e. The Labute approximate surface area is 141 Å². The molecule has 120 valence electrons. The number of aromatic nitrogens is 1. The molecule has 0 aliphatic rings. The van der Waals surface area contributed by atoms with Gasteiger partial charge in [0.25, 0.3) is 11.6 Å². The molecular weight excluding hydrogens is 326 g/mol. The lowest BCUT2D eigenvalue weighted by molar-refractivity contribution is -0.384. The van der Waals surface area contributed by atoms with Crippen molar-refractivity contribution in [3.05, 3.63) is 75.3 Å². The molecule has 0 aliphatic carbocycles. The summed E-state index contributed by atoms with van der Waals surface area (Å²) in [7, 11) is 0. The van der Waals surface area contributed by atoms with Crippen LogP contribution in [0.2, 0.25) is 0 Å². The predicted octanol–water partition coefficient (Wildman–Crippen LogP) is 4.28. The summed E-state index contributed by atoms with van der Waals surface area (Å²) in [6, 6.07) is 13.7. The van der Waals surface area contributed by atoms with Crippen LogP contribution in [0, 0.1) is 17.0 Å². The Morgan fingerprint density at radius 1 is 1.21 bits per heavy atom. The Bertz CT molecular complexity index is 903. The minimum atomic E-state index is -0.506. The number of hydrogen-bond donors (Lipinski definition) is 1. The van der Waals surface area contributed by atoms with E-state index in [9.17, 15) is 14.9 Å². The average molecular weight is 339 g/mol. The molecule has 0 fully saturated rings. The maximum absolute atomic E-state index is 12.3. The Morgan fingerprint density at radius 2 is 1.96 bits per heavy atom. The van der Waals surface area contributed by atoms with Crippen LogP contribution in [0.1, 0.15) is 16.1 Å². The van der Waals surface area contributed by atoms with Crippen LogP contribution in [0.15, 0.2) is 53.9 Å². The van der Waals surface area contributed by atoms with E-state index in [2.05, 4.69) is 10.3 Å². The third-order valence-corrected chi connectivity index (χ3v) is 4.24. The Balaban J connectivity index is 1.77. The molecule has 0 radical (unpaired) electrons. The second kappa shape index (κ2) is 6.59. The van der Waals surface area contributed by atoms with Gasteiger partial charge in [-0.3, -0.25) is 14.9 Å². The summed E-state index contributed by atoms with van der Waals surface area (Å²) in [5, 5.41) is 15.8. The fourth-order valence-corrected chi connectivity index (χ4v) is 2.91. The van der Waals surface area contributed by atoms with E-state index in [0.29, 0.717) is 5.69 Å². The van der Waals surface area contributed by atoms with Gasteiger partial charge in [-0.05, 0) is 13.0 Å². The van der Waals surface area contributed by atoms with E-state index in [1.54, 1.807) is 11.4 Å². The van der Waals surface area contributed by atoms with Gasteiger partial charge in [0.1, 0.15) is 10.7 Å². The van der Waals surface area contributed by atoms with Crippen LogP contribution in [0.25, 0.3) is 10.6 Å². The van der Waals surface area contributed by atoms with Crippen molar-refractivity contribution in [2.45, 2.75) is 6.92 Å². The van der Waals surface area contributed by atoms with Gasteiger partial charge in [-0.1, -0.05) is 35.9 Å². The fourth-order valence-electron chi connectivity index (χ4n) is 2.10. The zero-order valence-corrected chi connectivity index (χ0v) is 13.5. The largest absolute Gasteiger partial charge is 0.320 e. The van der Waals surface area contributed by atoms with Crippen molar-refractivity contribution in [3.8, 4) is 10.6 Å². The molecule has 3 rings (SSSR count). The number of non-ortho nitro benzene ring substituents is 1. The van der Waals surface area contributed by atoms with Crippen molar-refractivity contribution >= 4 is 28.6 Å². The fraction of sp³-hybridized carbons (Fsp3) is 0.0588. The van der Waals surface area contributed by atoms with E-state index in [4.69, 9.17) is 0 Å². The first-order valence-electron chi connectivity index (χ1n) is 7.11. The van der Waals surface area contributed by atoms with E-state index in [1.165, 1.54) is 29.5 Å². The van der Waals surface area contributed by atoms with Gasteiger partial charge in [-0.15, -0.1) is 11.3 Å². The monoisotopic (exact) mass is 339 g/mol. The number of carbonyl (C=O) groups excluding carboxylic acids is 1. The van der Waals surface area contributed by atoms with Crippen molar-refractivity contribution in [2.75, 3.05) is 5.32 Å². The summed E-state index contributed by atoms with van der Waals surface area (Å²) in [5.74, 6) is -0.398. The summed E-state index contributed by atoms with van der Waals surface area (Å²) in [4.78, 5) is 26.9. The Hall–Kier alpha value is -3.06. The molecule has 0 saturated carbocycles. The molecular formula is C17H13N3O3S. The SMILES string of the molecule is Cc1ccc(-c2nc(C(=O)Nc3cccc([N+](=O)[O-])c3)cs2)cc1. The average Bonchev–Trinajstić information content (AvgIpc) is 3.06. The molecule has 0 saturated heterocycles. The third-order valence-electron chi connectivity index (χ3n) is 3.35. The zero-order chi connectivity index (χ0) is 17.1. The number of nitro groups is 1. The third kappa shape index (κ3) is 3.47. The smallest absolute Gasteiger partial charge is 0.275 e. The summed E-state index contributed by atoms with van der Waals surface area (Å²) in [6.45, 7) is 2.00. The van der Waals surface area contributed by atoms with E-state index in [-0.39, 0.29) is 11.4 Å². The van der Waals surface area contributed by atoms with Crippen LogP contribution in [-0.4, -0.2) is 15.8 Å². The molecule has 2 aromatic carbocycles. The number of amides is 1. The number of nitro benzene ring substituents is 1. The molecule has 3 aromatic rings. The number of hydrogen-bond acceptors (Lipinski definition) is 5. The molecule has 1 N–H and O–H groups in total. The van der Waals surface area contributed by atoms with Gasteiger partial charge in [0.2, 0.25) is 0 Å². The lowest BCUT2D eigenvalue weighted by Gasteiger charge is -2.02. The van der Waals surface area contributed by atoms with Gasteiger partial charge in [0.15, 0.2) is 0 Å².